The minimum absolute atomic E-state index is 0. The Labute approximate surface area is 160 Å². The number of rotatable bonds is 7. The molecular weight excluding hydrogens is 365 g/mol. The number of nitrogen functional groups attached to an aromatic ring is 1. The Kier molecular flexibility index (Phi) is 10.7. The Morgan fingerprint density at radius 3 is 2.50 bits per heavy atom. The molecule has 1 amide bonds. The van der Waals surface area contributed by atoms with Gasteiger partial charge in [-0.25, -0.2) is 0 Å². The lowest BCUT2D eigenvalue weighted by Crippen LogP contribution is -2.34. The maximum absolute atomic E-state index is 12.1. The van der Waals surface area contributed by atoms with Crippen LogP contribution in [0.3, 0.4) is 0 Å². The van der Waals surface area contributed by atoms with Gasteiger partial charge < -0.3 is 16.0 Å². The number of anilines is 1. The molecule has 0 aliphatic carbocycles. The second-order valence-corrected chi connectivity index (χ2v) is 6.48. The number of likely N-dealkylation sites (N-methyl/N-ethyl adjacent to an activating group) is 1. The van der Waals surface area contributed by atoms with Gasteiger partial charge in [0.05, 0.1) is 6.04 Å². The van der Waals surface area contributed by atoms with E-state index in [1.807, 2.05) is 44.4 Å². The second kappa shape index (κ2) is 11.3. The van der Waals surface area contributed by atoms with E-state index in [-0.39, 0.29) is 36.8 Å². The van der Waals surface area contributed by atoms with Gasteiger partial charge in [0.25, 0.3) is 0 Å². The van der Waals surface area contributed by atoms with Crippen LogP contribution in [-0.2, 0) is 11.2 Å². The van der Waals surface area contributed by atoms with Crippen molar-refractivity contribution in [2.75, 3.05) is 26.4 Å². The van der Waals surface area contributed by atoms with Crippen molar-refractivity contribution in [3.8, 4) is 0 Å². The summed E-state index contributed by atoms with van der Waals surface area (Å²) < 4.78 is 0. The number of carbonyl (C=O) groups excluding carboxylic acids is 1. The largest absolute Gasteiger partial charge is 0.399 e. The number of hydrogen-bond acceptors (Lipinski definition) is 4. The van der Waals surface area contributed by atoms with E-state index in [1.165, 1.54) is 4.88 Å². The average Bonchev–Trinajstić information content (AvgIpc) is 3.00. The molecule has 3 N–H and O–H groups in total. The van der Waals surface area contributed by atoms with Crippen LogP contribution in [0.5, 0.6) is 0 Å². The highest BCUT2D eigenvalue weighted by Gasteiger charge is 2.16. The average molecular weight is 390 g/mol. The smallest absolute Gasteiger partial charge is 0.220 e. The first-order chi connectivity index (χ1) is 10.6. The molecule has 1 unspecified atom stereocenters. The third kappa shape index (κ3) is 6.69. The molecule has 1 aromatic carbocycles. The number of aryl methyl sites for hydroxylation is 1. The summed E-state index contributed by atoms with van der Waals surface area (Å²) in [5.41, 5.74) is 7.67. The number of hydrogen-bond donors (Lipinski definition) is 2. The molecule has 0 aliphatic rings. The standard InChI is InChI=1S/C17H23N3OS.2ClH/c1-20(2)15(16-8-5-11-22-16)12-19-17(21)10-9-13-6-3-4-7-14(13)18;;/h3-8,11,15H,9-10,12,18H2,1-2H3,(H,19,21);2*1H. The molecule has 0 aliphatic heterocycles. The molecule has 134 valence electrons. The summed E-state index contributed by atoms with van der Waals surface area (Å²) in [6.45, 7) is 0.622. The summed E-state index contributed by atoms with van der Waals surface area (Å²) in [5, 5.41) is 5.09. The number of nitrogens with two attached hydrogens (primary N) is 1. The third-order valence-electron chi connectivity index (χ3n) is 3.66. The molecule has 1 heterocycles. The van der Waals surface area contributed by atoms with Gasteiger partial charge in [0, 0.05) is 23.5 Å². The number of nitrogens with one attached hydrogen (secondary N) is 1. The van der Waals surface area contributed by atoms with Crippen LogP contribution < -0.4 is 11.1 Å². The van der Waals surface area contributed by atoms with Gasteiger partial charge in [-0.3, -0.25) is 4.79 Å². The number of amides is 1. The van der Waals surface area contributed by atoms with Gasteiger partial charge in [-0.05, 0) is 43.6 Å². The van der Waals surface area contributed by atoms with Crippen molar-refractivity contribution in [1.29, 1.82) is 0 Å². The molecule has 0 bridgehead atoms. The minimum Gasteiger partial charge on any atom is -0.399 e. The molecule has 2 rings (SSSR count). The van der Waals surface area contributed by atoms with Crippen LogP contribution in [0, 0.1) is 0 Å². The maximum atomic E-state index is 12.1. The van der Waals surface area contributed by atoms with Crippen molar-refractivity contribution in [2.45, 2.75) is 18.9 Å². The van der Waals surface area contributed by atoms with Crippen molar-refractivity contribution >= 4 is 47.7 Å². The first kappa shape index (κ1) is 22.7. The van der Waals surface area contributed by atoms with E-state index in [0.717, 1.165) is 11.3 Å². The van der Waals surface area contributed by atoms with Crippen molar-refractivity contribution in [2.24, 2.45) is 0 Å². The lowest BCUT2D eigenvalue weighted by atomic mass is 10.1. The lowest BCUT2D eigenvalue weighted by Gasteiger charge is -2.23. The predicted octanol–water partition coefficient (Wildman–Crippen LogP) is 3.53. The molecule has 7 heteroatoms. The van der Waals surface area contributed by atoms with Crippen LogP contribution in [0.25, 0.3) is 0 Å². The summed E-state index contributed by atoms with van der Waals surface area (Å²) in [4.78, 5) is 15.4. The number of para-hydroxylation sites is 1. The molecule has 0 spiro atoms. The van der Waals surface area contributed by atoms with Gasteiger partial charge in [0.1, 0.15) is 0 Å². The molecule has 1 aromatic heterocycles. The highest BCUT2D eigenvalue weighted by atomic mass is 35.5. The fourth-order valence-corrected chi connectivity index (χ4v) is 3.25. The van der Waals surface area contributed by atoms with E-state index in [9.17, 15) is 4.79 Å². The Morgan fingerprint density at radius 1 is 1.21 bits per heavy atom. The Hall–Kier alpha value is -1.27. The summed E-state index contributed by atoms with van der Waals surface area (Å²) >= 11 is 1.71. The van der Waals surface area contributed by atoms with Crippen LogP contribution in [0.15, 0.2) is 41.8 Å². The second-order valence-electron chi connectivity index (χ2n) is 5.50. The Morgan fingerprint density at radius 2 is 1.92 bits per heavy atom. The maximum Gasteiger partial charge on any atom is 0.220 e. The highest BCUT2D eigenvalue weighted by molar-refractivity contribution is 7.10. The van der Waals surface area contributed by atoms with E-state index in [2.05, 4.69) is 21.7 Å². The van der Waals surface area contributed by atoms with E-state index in [0.29, 0.717) is 19.4 Å². The van der Waals surface area contributed by atoms with Gasteiger partial charge in [-0.1, -0.05) is 24.3 Å². The lowest BCUT2D eigenvalue weighted by molar-refractivity contribution is -0.121. The van der Waals surface area contributed by atoms with Crippen LogP contribution in [0.4, 0.5) is 5.69 Å². The zero-order chi connectivity index (χ0) is 15.9. The van der Waals surface area contributed by atoms with E-state index in [4.69, 9.17) is 5.73 Å². The monoisotopic (exact) mass is 389 g/mol. The molecule has 4 nitrogen and oxygen atoms in total. The van der Waals surface area contributed by atoms with Crippen molar-refractivity contribution in [1.82, 2.24) is 10.2 Å². The summed E-state index contributed by atoms with van der Waals surface area (Å²) in [6, 6.07) is 12.0. The van der Waals surface area contributed by atoms with Gasteiger partial charge >= 0.3 is 0 Å². The normalized spacial score (nSPS) is 11.3. The van der Waals surface area contributed by atoms with Crippen LogP contribution in [-0.4, -0.2) is 31.4 Å². The van der Waals surface area contributed by atoms with Crippen molar-refractivity contribution in [3.05, 3.63) is 52.2 Å². The fourth-order valence-electron chi connectivity index (χ4n) is 2.33. The quantitative estimate of drug-likeness (QED) is 0.712. The van der Waals surface area contributed by atoms with E-state index >= 15 is 0 Å². The predicted molar refractivity (Wildman–Crippen MR) is 107 cm³/mol. The van der Waals surface area contributed by atoms with Gasteiger partial charge in [0.2, 0.25) is 5.91 Å². The number of benzene rings is 1. The van der Waals surface area contributed by atoms with Gasteiger partial charge in [0.15, 0.2) is 0 Å². The zero-order valence-electron chi connectivity index (χ0n) is 13.9. The van der Waals surface area contributed by atoms with Crippen molar-refractivity contribution < 1.29 is 4.79 Å². The van der Waals surface area contributed by atoms with Crippen LogP contribution in [0.2, 0.25) is 0 Å². The van der Waals surface area contributed by atoms with E-state index in [1.54, 1.807) is 11.3 Å². The summed E-state index contributed by atoms with van der Waals surface area (Å²) in [7, 11) is 4.06. The SMILES string of the molecule is CN(C)C(CNC(=O)CCc1ccccc1N)c1cccs1.Cl.Cl. The summed E-state index contributed by atoms with van der Waals surface area (Å²) in [5.74, 6) is 0.0617. The molecular formula is C17H25Cl2N3OS. The topological polar surface area (TPSA) is 58.4 Å². The first-order valence-electron chi connectivity index (χ1n) is 7.38. The van der Waals surface area contributed by atoms with Crippen molar-refractivity contribution in [3.63, 3.8) is 0 Å². The number of carbonyl (C=O) groups is 1. The minimum atomic E-state index is 0. The highest BCUT2D eigenvalue weighted by Crippen LogP contribution is 2.22. The van der Waals surface area contributed by atoms with Gasteiger partial charge in [-0.15, -0.1) is 36.2 Å². The molecule has 2 aromatic rings. The number of thiophene rings is 1. The fraction of sp³-hybridized carbons (Fsp3) is 0.353. The van der Waals surface area contributed by atoms with Crippen LogP contribution >= 0.6 is 36.2 Å². The molecule has 0 saturated carbocycles. The Balaban J connectivity index is 0.00000264. The third-order valence-corrected chi connectivity index (χ3v) is 4.64. The van der Waals surface area contributed by atoms with Gasteiger partial charge in [-0.2, -0.15) is 0 Å². The van der Waals surface area contributed by atoms with E-state index < -0.39 is 0 Å². The number of halogens is 2. The molecule has 0 saturated heterocycles. The first-order valence-corrected chi connectivity index (χ1v) is 8.26. The Bertz CT molecular complexity index is 606. The molecule has 0 fully saturated rings. The summed E-state index contributed by atoms with van der Waals surface area (Å²) in [6.07, 6.45) is 1.13. The van der Waals surface area contributed by atoms with Crippen LogP contribution in [0.1, 0.15) is 22.9 Å². The molecule has 1 atom stereocenters. The zero-order valence-corrected chi connectivity index (χ0v) is 16.3. The molecule has 24 heavy (non-hydrogen) atoms. The number of nitrogens with zero attached hydrogens (tertiary/aromatic N) is 1. The molecule has 0 radical (unpaired) electrons.